The van der Waals surface area contributed by atoms with Crippen LogP contribution >= 0.6 is 11.6 Å². The van der Waals surface area contributed by atoms with E-state index in [1.165, 1.54) is 0 Å². The molecule has 1 fully saturated rings. The molecular formula is C18H23ClN4O. The molecule has 0 spiro atoms. The van der Waals surface area contributed by atoms with Crippen LogP contribution in [0.2, 0.25) is 5.02 Å². The average molecular weight is 347 g/mol. The third-order valence-corrected chi connectivity index (χ3v) is 4.92. The Morgan fingerprint density at radius 3 is 2.92 bits per heavy atom. The van der Waals surface area contributed by atoms with Crippen LogP contribution < -0.4 is 10.2 Å². The molecule has 0 radical (unpaired) electrons. The van der Waals surface area contributed by atoms with Crippen molar-refractivity contribution in [1.29, 1.82) is 0 Å². The van der Waals surface area contributed by atoms with E-state index in [0.717, 1.165) is 53.6 Å². The molecule has 0 aliphatic carbocycles. The van der Waals surface area contributed by atoms with Gasteiger partial charge in [-0.05, 0) is 38.8 Å². The summed E-state index contributed by atoms with van der Waals surface area (Å²) >= 11 is 6.30. The standard InChI is InChI=1S/C18H23ClN4O/c1-12-15(13(2)22-21-12)10-18(24)20-14-6-5-9-23(11-14)17-8-4-3-7-16(17)19/h3-4,7-8,14H,5-6,9-11H2,1-2H3,(H,20,24)(H,21,22). The summed E-state index contributed by atoms with van der Waals surface area (Å²) in [6, 6.07) is 8.02. The minimum absolute atomic E-state index is 0.0496. The topological polar surface area (TPSA) is 61.0 Å². The number of carbonyl (C=O) groups excluding carboxylic acids is 1. The van der Waals surface area contributed by atoms with E-state index in [1.54, 1.807) is 0 Å². The van der Waals surface area contributed by atoms with E-state index in [0.29, 0.717) is 6.42 Å². The van der Waals surface area contributed by atoms with Crippen LogP contribution in [0.5, 0.6) is 0 Å². The Morgan fingerprint density at radius 1 is 1.42 bits per heavy atom. The zero-order valence-electron chi connectivity index (χ0n) is 14.1. The van der Waals surface area contributed by atoms with Gasteiger partial charge in [-0.15, -0.1) is 0 Å². The number of H-pyrrole nitrogens is 1. The maximum Gasteiger partial charge on any atom is 0.224 e. The first-order valence-electron chi connectivity index (χ1n) is 8.34. The van der Waals surface area contributed by atoms with E-state index in [1.807, 2.05) is 38.1 Å². The van der Waals surface area contributed by atoms with Crippen LogP contribution in [0.4, 0.5) is 5.69 Å². The molecule has 2 N–H and O–H groups in total. The number of carbonyl (C=O) groups is 1. The summed E-state index contributed by atoms with van der Waals surface area (Å²) in [6.07, 6.45) is 2.41. The monoisotopic (exact) mass is 346 g/mol. The predicted molar refractivity (Wildman–Crippen MR) is 96.6 cm³/mol. The molecule has 6 heteroatoms. The molecule has 1 aromatic carbocycles. The fourth-order valence-electron chi connectivity index (χ4n) is 3.30. The minimum Gasteiger partial charge on any atom is -0.368 e. The number of aryl methyl sites for hydroxylation is 2. The van der Waals surface area contributed by atoms with Gasteiger partial charge in [-0.2, -0.15) is 5.10 Å². The highest BCUT2D eigenvalue weighted by Gasteiger charge is 2.23. The lowest BCUT2D eigenvalue weighted by Crippen LogP contribution is -2.48. The molecule has 1 aliphatic heterocycles. The summed E-state index contributed by atoms with van der Waals surface area (Å²) in [5.41, 5.74) is 3.89. The van der Waals surface area contributed by atoms with Gasteiger partial charge in [-0.3, -0.25) is 9.89 Å². The lowest BCUT2D eigenvalue weighted by atomic mass is 10.0. The van der Waals surface area contributed by atoms with Gasteiger partial charge >= 0.3 is 0 Å². The van der Waals surface area contributed by atoms with Gasteiger partial charge < -0.3 is 10.2 Å². The van der Waals surface area contributed by atoms with Crippen molar-refractivity contribution in [3.8, 4) is 0 Å². The number of nitrogens with zero attached hydrogens (tertiary/aromatic N) is 2. The Labute approximate surface area is 147 Å². The number of aromatic nitrogens is 2. The van der Waals surface area contributed by atoms with Crippen molar-refractivity contribution in [1.82, 2.24) is 15.5 Å². The zero-order chi connectivity index (χ0) is 17.1. The maximum absolute atomic E-state index is 12.4. The number of aromatic amines is 1. The SMILES string of the molecule is Cc1n[nH]c(C)c1CC(=O)NC1CCCN(c2ccccc2Cl)C1. The van der Waals surface area contributed by atoms with Crippen LogP contribution in [0.25, 0.3) is 0 Å². The molecule has 1 aromatic heterocycles. The second-order valence-corrected chi connectivity index (χ2v) is 6.80. The van der Waals surface area contributed by atoms with E-state index < -0.39 is 0 Å². The highest BCUT2D eigenvalue weighted by atomic mass is 35.5. The first kappa shape index (κ1) is 16.8. The number of amides is 1. The van der Waals surface area contributed by atoms with Crippen LogP contribution in [-0.4, -0.2) is 35.2 Å². The van der Waals surface area contributed by atoms with Crippen molar-refractivity contribution >= 4 is 23.2 Å². The Morgan fingerprint density at radius 2 is 2.21 bits per heavy atom. The summed E-state index contributed by atoms with van der Waals surface area (Å²) in [4.78, 5) is 14.7. The number of hydrogen-bond acceptors (Lipinski definition) is 3. The van der Waals surface area contributed by atoms with Crippen LogP contribution in [0, 0.1) is 13.8 Å². The van der Waals surface area contributed by atoms with Gasteiger partial charge in [-0.1, -0.05) is 23.7 Å². The smallest absolute Gasteiger partial charge is 0.224 e. The summed E-state index contributed by atoms with van der Waals surface area (Å²) in [5, 5.41) is 11.0. The normalized spacial score (nSPS) is 17.8. The lowest BCUT2D eigenvalue weighted by molar-refractivity contribution is -0.121. The molecule has 0 bridgehead atoms. The largest absolute Gasteiger partial charge is 0.368 e. The molecule has 0 saturated carbocycles. The van der Waals surface area contributed by atoms with Crippen molar-refractivity contribution in [2.75, 3.05) is 18.0 Å². The molecule has 5 nitrogen and oxygen atoms in total. The molecule has 3 rings (SSSR count). The highest BCUT2D eigenvalue weighted by Crippen LogP contribution is 2.27. The van der Waals surface area contributed by atoms with Gasteiger partial charge in [0.15, 0.2) is 0 Å². The quantitative estimate of drug-likeness (QED) is 0.894. The molecule has 1 unspecified atom stereocenters. The zero-order valence-corrected chi connectivity index (χ0v) is 14.9. The first-order chi connectivity index (χ1) is 11.5. The number of benzene rings is 1. The fraction of sp³-hybridized carbons (Fsp3) is 0.444. The number of nitrogens with one attached hydrogen (secondary N) is 2. The highest BCUT2D eigenvalue weighted by molar-refractivity contribution is 6.33. The average Bonchev–Trinajstić information content (AvgIpc) is 2.87. The van der Waals surface area contributed by atoms with E-state index in [9.17, 15) is 4.79 Å². The van der Waals surface area contributed by atoms with E-state index in [2.05, 4.69) is 20.4 Å². The number of rotatable bonds is 4. The Kier molecular flexibility index (Phi) is 5.09. The van der Waals surface area contributed by atoms with E-state index in [-0.39, 0.29) is 11.9 Å². The fourth-order valence-corrected chi connectivity index (χ4v) is 3.55. The molecule has 1 amide bonds. The van der Waals surface area contributed by atoms with Crippen molar-refractivity contribution in [2.45, 2.75) is 39.2 Å². The Balaban J connectivity index is 1.61. The minimum atomic E-state index is 0.0496. The lowest BCUT2D eigenvalue weighted by Gasteiger charge is -2.35. The number of halogens is 1. The second-order valence-electron chi connectivity index (χ2n) is 6.39. The third kappa shape index (κ3) is 3.73. The Bertz CT molecular complexity index is 708. The van der Waals surface area contributed by atoms with Gasteiger partial charge in [-0.25, -0.2) is 0 Å². The van der Waals surface area contributed by atoms with Crippen LogP contribution in [0.15, 0.2) is 24.3 Å². The number of anilines is 1. The van der Waals surface area contributed by atoms with Gasteiger partial charge in [0.05, 0.1) is 22.8 Å². The second kappa shape index (κ2) is 7.26. The first-order valence-corrected chi connectivity index (χ1v) is 8.71. The summed E-state index contributed by atoms with van der Waals surface area (Å²) in [7, 11) is 0. The molecule has 24 heavy (non-hydrogen) atoms. The molecule has 1 aliphatic rings. The maximum atomic E-state index is 12.4. The molecule has 2 heterocycles. The Hall–Kier alpha value is -2.01. The molecule has 2 aromatic rings. The van der Waals surface area contributed by atoms with E-state index >= 15 is 0 Å². The predicted octanol–water partition coefficient (Wildman–Crippen LogP) is 3.01. The molecular weight excluding hydrogens is 324 g/mol. The van der Waals surface area contributed by atoms with Crippen molar-refractivity contribution in [3.05, 3.63) is 46.2 Å². The summed E-state index contributed by atoms with van der Waals surface area (Å²) < 4.78 is 0. The van der Waals surface area contributed by atoms with Gasteiger partial charge in [0.25, 0.3) is 0 Å². The van der Waals surface area contributed by atoms with Gasteiger partial charge in [0.2, 0.25) is 5.91 Å². The van der Waals surface area contributed by atoms with E-state index in [4.69, 9.17) is 11.6 Å². The summed E-state index contributed by atoms with van der Waals surface area (Å²) in [5.74, 6) is 0.0496. The molecule has 1 atom stereocenters. The van der Waals surface area contributed by atoms with Crippen LogP contribution in [0.1, 0.15) is 29.8 Å². The molecule has 128 valence electrons. The van der Waals surface area contributed by atoms with Crippen molar-refractivity contribution in [2.24, 2.45) is 0 Å². The van der Waals surface area contributed by atoms with Crippen molar-refractivity contribution in [3.63, 3.8) is 0 Å². The summed E-state index contributed by atoms with van der Waals surface area (Å²) in [6.45, 7) is 5.63. The third-order valence-electron chi connectivity index (χ3n) is 4.60. The number of para-hydroxylation sites is 1. The van der Waals surface area contributed by atoms with Crippen LogP contribution in [0.3, 0.4) is 0 Å². The number of hydrogen-bond donors (Lipinski definition) is 2. The van der Waals surface area contributed by atoms with Gasteiger partial charge in [0.1, 0.15) is 0 Å². The van der Waals surface area contributed by atoms with Crippen molar-refractivity contribution < 1.29 is 4.79 Å². The number of piperidine rings is 1. The van der Waals surface area contributed by atoms with Gasteiger partial charge in [0, 0.05) is 30.4 Å². The van der Waals surface area contributed by atoms with Crippen LogP contribution in [-0.2, 0) is 11.2 Å². The molecule has 1 saturated heterocycles.